The zero-order valence-electron chi connectivity index (χ0n) is 19.4. The highest BCUT2D eigenvalue weighted by Crippen LogP contribution is 2.29. The molecular formula is C24H34N4O4. The van der Waals surface area contributed by atoms with Crippen LogP contribution in [0.3, 0.4) is 0 Å². The Balaban J connectivity index is 1.65. The molecule has 0 bridgehead atoms. The van der Waals surface area contributed by atoms with E-state index in [0.717, 1.165) is 44.4 Å². The number of hydrogen-bond acceptors (Lipinski definition) is 6. The van der Waals surface area contributed by atoms with E-state index in [1.54, 1.807) is 33.5 Å². The van der Waals surface area contributed by atoms with Gasteiger partial charge in [-0.2, -0.15) is 0 Å². The number of aliphatic hydroxyl groups is 1. The summed E-state index contributed by atoms with van der Waals surface area (Å²) in [6.45, 7) is 6.50. The molecule has 2 N–H and O–H groups in total. The number of nitrogens with zero attached hydrogens (tertiary/aromatic N) is 3. The lowest BCUT2D eigenvalue weighted by Crippen LogP contribution is -2.52. The van der Waals surface area contributed by atoms with Crippen molar-refractivity contribution in [3.8, 4) is 17.2 Å². The summed E-state index contributed by atoms with van der Waals surface area (Å²) in [7, 11) is 4.87. The molecule has 1 unspecified atom stereocenters. The van der Waals surface area contributed by atoms with Gasteiger partial charge in [0.25, 0.3) is 0 Å². The van der Waals surface area contributed by atoms with E-state index in [0.29, 0.717) is 17.1 Å². The standard InChI is InChI=1S/C24H34N4O4/c1-5-25-24(26-17-22(29)21-16-20(31-3)10-11-23(21)32-4)28-14-12-27(13-15-28)18-6-8-19(30-2)9-7-18/h6-11,16,22,29H,5,12-15,17H2,1-4H3,(H,25,26). The van der Waals surface area contributed by atoms with E-state index in [9.17, 15) is 5.11 Å². The first-order valence-corrected chi connectivity index (χ1v) is 10.9. The molecule has 1 fully saturated rings. The van der Waals surface area contributed by atoms with Crippen LogP contribution in [0.15, 0.2) is 47.5 Å². The minimum atomic E-state index is -0.797. The van der Waals surface area contributed by atoms with E-state index >= 15 is 0 Å². The molecular weight excluding hydrogens is 408 g/mol. The van der Waals surface area contributed by atoms with Crippen molar-refractivity contribution in [2.24, 2.45) is 4.99 Å². The topological polar surface area (TPSA) is 78.8 Å². The lowest BCUT2D eigenvalue weighted by molar-refractivity contribution is 0.181. The van der Waals surface area contributed by atoms with Crippen molar-refractivity contribution in [2.75, 3.05) is 65.5 Å². The van der Waals surface area contributed by atoms with Gasteiger partial charge in [0, 0.05) is 44.0 Å². The first-order valence-electron chi connectivity index (χ1n) is 10.9. The van der Waals surface area contributed by atoms with Crippen LogP contribution in [0.2, 0.25) is 0 Å². The van der Waals surface area contributed by atoms with E-state index in [-0.39, 0.29) is 6.54 Å². The monoisotopic (exact) mass is 442 g/mol. The number of aliphatic hydroxyl groups excluding tert-OH is 1. The number of benzene rings is 2. The van der Waals surface area contributed by atoms with Crippen molar-refractivity contribution < 1.29 is 19.3 Å². The van der Waals surface area contributed by atoms with E-state index in [4.69, 9.17) is 19.2 Å². The fraction of sp³-hybridized carbons (Fsp3) is 0.458. The van der Waals surface area contributed by atoms with Gasteiger partial charge in [-0.25, -0.2) is 0 Å². The van der Waals surface area contributed by atoms with Crippen LogP contribution >= 0.6 is 0 Å². The van der Waals surface area contributed by atoms with E-state index in [1.165, 1.54) is 5.69 Å². The van der Waals surface area contributed by atoms with Crippen molar-refractivity contribution in [3.05, 3.63) is 48.0 Å². The summed E-state index contributed by atoms with van der Waals surface area (Å²) in [5.41, 5.74) is 1.85. The van der Waals surface area contributed by atoms with Crippen molar-refractivity contribution in [1.82, 2.24) is 10.2 Å². The maximum Gasteiger partial charge on any atom is 0.194 e. The molecule has 1 atom stereocenters. The van der Waals surface area contributed by atoms with Gasteiger partial charge in [-0.05, 0) is 49.4 Å². The summed E-state index contributed by atoms with van der Waals surface area (Å²) >= 11 is 0. The molecule has 1 heterocycles. The molecule has 8 heteroatoms. The van der Waals surface area contributed by atoms with Crippen molar-refractivity contribution in [1.29, 1.82) is 0 Å². The molecule has 8 nitrogen and oxygen atoms in total. The van der Waals surface area contributed by atoms with Gasteiger partial charge in [0.2, 0.25) is 0 Å². The lowest BCUT2D eigenvalue weighted by Gasteiger charge is -2.37. The van der Waals surface area contributed by atoms with Crippen LogP contribution in [-0.4, -0.2) is 76.6 Å². The number of guanidine groups is 1. The predicted octanol–water partition coefficient (Wildman–Crippen LogP) is 2.53. The van der Waals surface area contributed by atoms with Gasteiger partial charge in [-0.15, -0.1) is 0 Å². The quantitative estimate of drug-likeness (QED) is 0.480. The zero-order chi connectivity index (χ0) is 22.9. The summed E-state index contributed by atoms with van der Waals surface area (Å²) in [6, 6.07) is 13.6. The Labute approximate surface area is 190 Å². The predicted molar refractivity (Wildman–Crippen MR) is 127 cm³/mol. The summed E-state index contributed by atoms with van der Waals surface area (Å²) in [5.74, 6) is 2.96. The SMILES string of the molecule is CCNC(=NCC(O)c1cc(OC)ccc1OC)N1CCN(c2ccc(OC)cc2)CC1. The van der Waals surface area contributed by atoms with Crippen LogP contribution < -0.4 is 24.4 Å². The highest BCUT2D eigenvalue weighted by atomic mass is 16.5. The lowest BCUT2D eigenvalue weighted by atomic mass is 10.1. The molecule has 174 valence electrons. The largest absolute Gasteiger partial charge is 0.497 e. The second kappa shape index (κ2) is 11.5. The minimum absolute atomic E-state index is 0.227. The van der Waals surface area contributed by atoms with Gasteiger partial charge in [0.15, 0.2) is 5.96 Å². The van der Waals surface area contributed by atoms with Crippen LogP contribution in [0.25, 0.3) is 0 Å². The number of ether oxygens (including phenoxy) is 3. The van der Waals surface area contributed by atoms with Crippen LogP contribution in [0.4, 0.5) is 5.69 Å². The average molecular weight is 443 g/mol. The smallest absolute Gasteiger partial charge is 0.194 e. The number of nitrogens with one attached hydrogen (secondary N) is 1. The van der Waals surface area contributed by atoms with E-state index in [2.05, 4.69) is 27.2 Å². The molecule has 32 heavy (non-hydrogen) atoms. The number of aliphatic imine (C=N–C) groups is 1. The third kappa shape index (κ3) is 5.76. The Kier molecular flexibility index (Phi) is 8.44. The summed E-state index contributed by atoms with van der Waals surface area (Å²) < 4.78 is 15.9. The first kappa shape index (κ1) is 23.5. The minimum Gasteiger partial charge on any atom is -0.497 e. The number of rotatable bonds is 8. The molecule has 0 aliphatic carbocycles. The maximum atomic E-state index is 10.8. The number of methoxy groups -OCH3 is 3. The molecule has 1 aliphatic heterocycles. The number of piperazine rings is 1. The molecule has 2 aromatic carbocycles. The third-order valence-corrected chi connectivity index (χ3v) is 5.56. The molecule has 2 aromatic rings. The highest BCUT2D eigenvalue weighted by Gasteiger charge is 2.21. The van der Waals surface area contributed by atoms with Crippen molar-refractivity contribution >= 4 is 11.6 Å². The van der Waals surface area contributed by atoms with Crippen molar-refractivity contribution in [3.63, 3.8) is 0 Å². The van der Waals surface area contributed by atoms with Crippen molar-refractivity contribution in [2.45, 2.75) is 13.0 Å². The fourth-order valence-electron chi connectivity index (χ4n) is 3.77. The normalized spacial score (nSPS) is 15.3. The van der Waals surface area contributed by atoms with E-state index < -0.39 is 6.10 Å². The first-order chi connectivity index (χ1) is 15.6. The summed E-state index contributed by atoms with van der Waals surface area (Å²) in [4.78, 5) is 9.31. The molecule has 0 saturated carbocycles. The van der Waals surface area contributed by atoms with Gasteiger partial charge < -0.3 is 34.4 Å². The molecule has 0 spiro atoms. The Morgan fingerprint density at radius 2 is 1.62 bits per heavy atom. The van der Waals surface area contributed by atoms with Gasteiger partial charge in [-0.1, -0.05) is 0 Å². The van der Waals surface area contributed by atoms with Crippen LogP contribution in [0.1, 0.15) is 18.6 Å². The Morgan fingerprint density at radius 3 is 2.22 bits per heavy atom. The van der Waals surface area contributed by atoms with Crippen LogP contribution in [0, 0.1) is 0 Å². The second-order valence-electron chi connectivity index (χ2n) is 7.49. The van der Waals surface area contributed by atoms with Gasteiger partial charge in [0.1, 0.15) is 23.4 Å². The molecule has 1 saturated heterocycles. The van der Waals surface area contributed by atoms with E-state index in [1.807, 2.05) is 25.1 Å². The fourth-order valence-corrected chi connectivity index (χ4v) is 3.77. The molecule has 1 aliphatic rings. The third-order valence-electron chi connectivity index (χ3n) is 5.56. The number of hydrogen-bond donors (Lipinski definition) is 2. The zero-order valence-corrected chi connectivity index (χ0v) is 19.4. The Morgan fingerprint density at radius 1 is 0.969 bits per heavy atom. The molecule has 0 amide bonds. The molecule has 3 rings (SSSR count). The van der Waals surface area contributed by atoms with Crippen LogP contribution in [0.5, 0.6) is 17.2 Å². The summed E-state index contributed by atoms with van der Waals surface area (Å²) in [5, 5.41) is 14.1. The van der Waals surface area contributed by atoms with Gasteiger partial charge in [0.05, 0.1) is 27.9 Å². The molecule has 0 aromatic heterocycles. The van der Waals surface area contributed by atoms with Gasteiger partial charge >= 0.3 is 0 Å². The van der Waals surface area contributed by atoms with Crippen LogP contribution in [-0.2, 0) is 0 Å². The number of anilines is 1. The van der Waals surface area contributed by atoms with Gasteiger partial charge in [-0.3, -0.25) is 4.99 Å². The second-order valence-corrected chi connectivity index (χ2v) is 7.49. The maximum absolute atomic E-state index is 10.8. The summed E-state index contributed by atoms with van der Waals surface area (Å²) in [6.07, 6.45) is -0.797. The Bertz CT molecular complexity index is 880. The highest BCUT2D eigenvalue weighted by molar-refractivity contribution is 5.80. The average Bonchev–Trinajstić information content (AvgIpc) is 2.86. The Hall–Kier alpha value is -3.13. The molecule has 0 radical (unpaired) electrons.